The fraction of sp³-hybridized carbons (Fsp3) is 0.333. The Kier molecular flexibility index (Phi) is 3.05. The maximum atomic E-state index is 12.7. The van der Waals surface area contributed by atoms with Gasteiger partial charge < -0.3 is 10.4 Å². The van der Waals surface area contributed by atoms with Crippen LogP contribution in [0.4, 0.5) is 4.39 Å². The van der Waals surface area contributed by atoms with E-state index in [4.69, 9.17) is 5.11 Å². The second-order valence-electron chi connectivity index (χ2n) is 2.67. The Labute approximate surface area is 71.0 Å². The van der Waals surface area contributed by atoms with Crippen LogP contribution in [-0.4, -0.2) is 18.7 Å². The zero-order valence-corrected chi connectivity index (χ0v) is 6.97. The molecule has 1 aromatic rings. The molecular weight excluding hydrogens is 157 g/mol. The number of phenolic OH excluding ortho intramolecular Hbond substituents is 1. The molecule has 0 aliphatic heterocycles. The summed E-state index contributed by atoms with van der Waals surface area (Å²) in [6, 6.07) is 4.10. The number of rotatable bonds is 3. The fourth-order valence-electron chi connectivity index (χ4n) is 1.05. The summed E-state index contributed by atoms with van der Waals surface area (Å²) in [6.07, 6.45) is 0.724. The van der Waals surface area contributed by atoms with E-state index in [1.165, 1.54) is 6.07 Å². The van der Waals surface area contributed by atoms with E-state index >= 15 is 0 Å². The molecule has 1 rings (SSSR count). The lowest BCUT2D eigenvalue weighted by molar-refractivity contribution is 0.468. The van der Waals surface area contributed by atoms with E-state index in [-0.39, 0.29) is 11.6 Å². The molecule has 0 amide bonds. The third-order valence-corrected chi connectivity index (χ3v) is 1.61. The van der Waals surface area contributed by atoms with Crippen LogP contribution in [0.15, 0.2) is 18.2 Å². The standard InChI is InChI=1S/C9H12FNO/c1-11-3-2-7-4-8(10)6-9(12)5-7/h4-6,11-12H,2-3H2,1H3. The first-order valence-electron chi connectivity index (χ1n) is 3.85. The predicted octanol–water partition coefficient (Wildman–Crippen LogP) is 1.29. The van der Waals surface area contributed by atoms with Gasteiger partial charge in [-0.15, -0.1) is 0 Å². The van der Waals surface area contributed by atoms with Crippen LogP contribution in [0.3, 0.4) is 0 Å². The molecule has 2 nitrogen and oxygen atoms in total. The van der Waals surface area contributed by atoms with Gasteiger partial charge in [0, 0.05) is 6.07 Å². The molecule has 0 aliphatic rings. The monoisotopic (exact) mass is 169 g/mol. The summed E-state index contributed by atoms with van der Waals surface area (Å²) in [5.74, 6) is -0.401. The fourth-order valence-corrected chi connectivity index (χ4v) is 1.05. The van der Waals surface area contributed by atoms with Crippen LogP contribution in [0.1, 0.15) is 5.56 Å². The Morgan fingerprint density at radius 3 is 2.75 bits per heavy atom. The average molecular weight is 169 g/mol. The van der Waals surface area contributed by atoms with Crippen molar-refractivity contribution in [1.82, 2.24) is 5.32 Å². The molecule has 2 N–H and O–H groups in total. The van der Waals surface area contributed by atoms with Gasteiger partial charge in [-0.1, -0.05) is 0 Å². The molecule has 3 heteroatoms. The maximum absolute atomic E-state index is 12.7. The highest BCUT2D eigenvalue weighted by Crippen LogP contribution is 2.14. The second kappa shape index (κ2) is 4.07. The molecule has 0 aromatic heterocycles. The number of likely N-dealkylation sites (N-methyl/N-ethyl adjacent to an activating group) is 1. The van der Waals surface area contributed by atoms with Gasteiger partial charge >= 0.3 is 0 Å². The maximum Gasteiger partial charge on any atom is 0.127 e. The minimum atomic E-state index is -0.388. The van der Waals surface area contributed by atoms with Gasteiger partial charge in [-0.2, -0.15) is 0 Å². The lowest BCUT2D eigenvalue weighted by Gasteiger charge is -2.01. The van der Waals surface area contributed by atoms with Gasteiger partial charge in [-0.25, -0.2) is 4.39 Å². The summed E-state index contributed by atoms with van der Waals surface area (Å²) in [5, 5.41) is 12.0. The summed E-state index contributed by atoms with van der Waals surface area (Å²) in [4.78, 5) is 0. The molecule has 0 saturated carbocycles. The van der Waals surface area contributed by atoms with Crippen molar-refractivity contribution in [2.45, 2.75) is 6.42 Å². The largest absolute Gasteiger partial charge is 0.508 e. The van der Waals surface area contributed by atoms with Gasteiger partial charge in [0.2, 0.25) is 0 Å². The summed E-state index contributed by atoms with van der Waals surface area (Å²) in [5.41, 5.74) is 0.807. The Hall–Kier alpha value is -1.09. The minimum absolute atomic E-state index is 0.0129. The van der Waals surface area contributed by atoms with Crippen molar-refractivity contribution in [1.29, 1.82) is 0 Å². The molecule has 0 fully saturated rings. The molecular formula is C9H12FNO. The molecule has 1 aromatic carbocycles. The van der Waals surface area contributed by atoms with Crippen molar-refractivity contribution in [3.63, 3.8) is 0 Å². The summed E-state index contributed by atoms with van der Waals surface area (Å²) in [7, 11) is 1.83. The molecule has 0 aliphatic carbocycles. The van der Waals surface area contributed by atoms with E-state index < -0.39 is 0 Å². The van der Waals surface area contributed by atoms with E-state index in [1.807, 2.05) is 7.05 Å². The Balaban J connectivity index is 2.72. The first-order valence-corrected chi connectivity index (χ1v) is 3.85. The van der Waals surface area contributed by atoms with Gasteiger partial charge in [0.05, 0.1) is 0 Å². The van der Waals surface area contributed by atoms with Gasteiger partial charge in [0.15, 0.2) is 0 Å². The lowest BCUT2D eigenvalue weighted by Crippen LogP contribution is -2.10. The van der Waals surface area contributed by atoms with Crippen LogP contribution in [0.25, 0.3) is 0 Å². The molecule has 66 valence electrons. The quantitative estimate of drug-likeness (QED) is 0.714. The van der Waals surface area contributed by atoms with Crippen molar-refractivity contribution in [2.24, 2.45) is 0 Å². The molecule has 0 heterocycles. The smallest absolute Gasteiger partial charge is 0.127 e. The number of halogens is 1. The first kappa shape index (κ1) is 9.00. The highest BCUT2D eigenvalue weighted by atomic mass is 19.1. The number of phenols is 1. The molecule has 0 atom stereocenters. The molecule has 0 spiro atoms. The first-order chi connectivity index (χ1) is 5.72. The van der Waals surface area contributed by atoms with Gasteiger partial charge in [0.1, 0.15) is 11.6 Å². The van der Waals surface area contributed by atoms with Crippen LogP contribution in [0.5, 0.6) is 5.75 Å². The van der Waals surface area contributed by atoms with Crippen molar-refractivity contribution in [2.75, 3.05) is 13.6 Å². The van der Waals surface area contributed by atoms with Gasteiger partial charge in [-0.3, -0.25) is 0 Å². The second-order valence-corrected chi connectivity index (χ2v) is 2.67. The van der Waals surface area contributed by atoms with Gasteiger partial charge in [-0.05, 0) is 37.7 Å². The topological polar surface area (TPSA) is 32.3 Å². The molecule has 0 unspecified atom stereocenters. The van der Waals surface area contributed by atoms with Crippen LogP contribution < -0.4 is 5.32 Å². The van der Waals surface area contributed by atoms with Crippen molar-refractivity contribution >= 4 is 0 Å². The third kappa shape index (κ3) is 2.51. The van der Waals surface area contributed by atoms with E-state index in [1.54, 1.807) is 6.07 Å². The number of benzene rings is 1. The molecule has 0 bridgehead atoms. The number of aromatic hydroxyl groups is 1. The third-order valence-electron chi connectivity index (χ3n) is 1.61. The normalized spacial score (nSPS) is 10.2. The lowest BCUT2D eigenvalue weighted by atomic mass is 10.1. The molecule has 0 saturated heterocycles. The van der Waals surface area contributed by atoms with Crippen LogP contribution in [0.2, 0.25) is 0 Å². The minimum Gasteiger partial charge on any atom is -0.508 e. The Morgan fingerprint density at radius 1 is 1.42 bits per heavy atom. The van der Waals surface area contributed by atoms with Crippen molar-refractivity contribution in [3.05, 3.63) is 29.6 Å². The Bertz CT molecular complexity index is 242. The molecule has 0 radical (unpaired) electrons. The van der Waals surface area contributed by atoms with E-state index in [0.29, 0.717) is 0 Å². The number of hydrogen-bond acceptors (Lipinski definition) is 2. The number of hydrogen-bond donors (Lipinski definition) is 2. The van der Waals surface area contributed by atoms with Crippen LogP contribution >= 0.6 is 0 Å². The number of nitrogens with one attached hydrogen (secondary N) is 1. The van der Waals surface area contributed by atoms with E-state index in [9.17, 15) is 4.39 Å². The highest BCUT2D eigenvalue weighted by molar-refractivity contribution is 5.28. The zero-order chi connectivity index (χ0) is 8.97. The van der Waals surface area contributed by atoms with E-state index in [2.05, 4.69) is 5.32 Å². The van der Waals surface area contributed by atoms with Crippen LogP contribution in [-0.2, 0) is 6.42 Å². The summed E-state index contributed by atoms with van der Waals surface area (Å²) >= 11 is 0. The van der Waals surface area contributed by atoms with Gasteiger partial charge in [0.25, 0.3) is 0 Å². The average Bonchev–Trinajstić information content (AvgIpc) is 1.99. The van der Waals surface area contributed by atoms with E-state index in [0.717, 1.165) is 24.6 Å². The van der Waals surface area contributed by atoms with Crippen molar-refractivity contribution in [3.8, 4) is 5.75 Å². The molecule has 12 heavy (non-hydrogen) atoms. The SMILES string of the molecule is CNCCc1cc(O)cc(F)c1. The van der Waals surface area contributed by atoms with Crippen molar-refractivity contribution < 1.29 is 9.50 Å². The van der Waals surface area contributed by atoms with Crippen LogP contribution in [0, 0.1) is 5.82 Å². The zero-order valence-electron chi connectivity index (χ0n) is 6.97. The predicted molar refractivity (Wildman–Crippen MR) is 45.7 cm³/mol. The Morgan fingerprint density at radius 2 is 2.17 bits per heavy atom. The summed E-state index contributed by atoms with van der Waals surface area (Å²) < 4.78 is 12.7. The highest BCUT2D eigenvalue weighted by Gasteiger charge is 1.98. The summed E-state index contributed by atoms with van der Waals surface area (Å²) in [6.45, 7) is 0.781.